The number of aromatic hydroxyl groups is 1. The quantitative estimate of drug-likeness (QED) is 0.121. The van der Waals surface area contributed by atoms with Gasteiger partial charge in [0.1, 0.15) is 17.6 Å². The third-order valence-corrected chi connectivity index (χ3v) is 9.31. The first-order valence-corrected chi connectivity index (χ1v) is 16.7. The second kappa shape index (κ2) is 15.5. The van der Waals surface area contributed by atoms with Crippen molar-refractivity contribution in [1.29, 1.82) is 0 Å². The van der Waals surface area contributed by atoms with Gasteiger partial charge >= 0.3 is 6.09 Å². The summed E-state index contributed by atoms with van der Waals surface area (Å²) in [6.07, 6.45) is 3.68. The Hall–Kier alpha value is -4.38. The highest BCUT2D eigenvalue weighted by atomic mass is 16.6. The van der Waals surface area contributed by atoms with Crippen molar-refractivity contribution in [3.63, 3.8) is 0 Å². The number of rotatable bonds is 14. The molecule has 10 heteroatoms. The van der Waals surface area contributed by atoms with Gasteiger partial charge in [-0.05, 0) is 98.6 Å². The summed E-state index contributed by atoms with van der Waals surface area (Å²) in [5.41, 5.74) is 2.57. The summed E-state index contributed by atoms with van der Waals surface area (Å²) in [5.74, 6) is 1.17. The molecular formula is C37H44N4O6. The molecule has 0 aliphatic carbocycles. The highest BCUT2D eigenvalue weighted by Gasteiger charge is 2.37. The third-order valence-electron chi connectivity index (χ3n) is 9.31. The van der Waals surface area contributed by atoms with E-state index in [0.29, 0.717) is 35.5 Å². The predicted octanol–water partition coefficient (Wildman–Crippen LogP) is 5.02. The maximum Gasteiger partial charge on any atom is 0.408 e. The zero-order valence-electron chi connectivity index (χ0n) is 26.6. The Balaban J connectivity index is 0.953. The Bertz CT molecular complexity index is 1690. The van der Waals surface area contributed by atoms with Gasteiger partial charge in [-0.1, -0.05) is 48.5 Å². The molecule has 3 aliphatic rings. The number of ether oxygens (including phenoxy) is 2. The van der Waals surface area contributed by atoms with Crippen LogP contribution in [0.25, 0.3) is 10.9 Å². The SMILES string of the molecule is O=C(NC(c1ccccc1)c1cccc(OCCCCCNC[C@@H](O)c2ccc(O)c3[nH]c(=O)ccc23)c1)O[C@H]1CN2CCC1CC2. The normalized spacial score (nSPS) is 20.1. The molecule has 0 radical (unpaired) electrons. The van der Waals surface area contributed by atoms with Crippen molar-refractivity contribution >= 4 is 17.0 Å². The number of carbonyl (C=O) groups is 1. The zero-order valence-corrected chi connectivity index (χ0v) is 26.6. The number of carbonyl (C=O) groups excluding carboxylic acids is 1. The number of phenols is 1. The number of amides is 1. The number of aromatic nitrogens is 1. The Labute approximate surface area is 274 Å². The molecule has 3 fully saturated rings. The van der Waals surface area contributed by atoms with Gasteiger partial charge in [0.15, 0.2) is 0 Å². The van der Waals surface area contributed by atoms with E-state index in [2.05, 4.69) is 20.5 Å². The van der Waals surface area contributed by atoms with E-state index in [-0.39, 0.29) is 23.5 Å². The lowest BCUT2D eigenvalue weighted by atomic mass is 9.86. The third kappa shape index (κ3) is 8.32. The molecule has 248 valence electrons. The first-order chi connectivity index (χ1) is 22.9. The number of H-pyrrole nitrogens is 1. The molecule has 0 saturated carbocycles. The maximum atomic E-state index is 13.1. The van der Waals surface area contributed by atoms with Crippen molar-refractivity contribution in [2.45, 2.75) is 50.4 Å². The second-order valence-electron chi connectivity index (χ2n) is 12.6. The standard InChI is InChI=1S/C37H44N4O6/c42-31-14-12-29(30-13-15-34(44)39-36(30)31)32(43)23-38-18-5-2-6-21-46-28-11-7-10-27(22-28)35(26-8-3-1-4-9-26)40-37(45)47-33-24-41-19-16-25(33)17-20-41/h1,3-4,7-15,22,25,32-33,35,38,42-43H,2,5-6,16-21,23-24H2,(H,39,44)(H,40,45)/t32-,33+,35?/m1/s1. The van der Waals surface area contributed by atoms with E-state index in [9.17, 15) is 19.8 Å². The number of fused-ring (bicyclic) bond motifs is 4. The van der Waals surface area contributed by atoms with Gasteiger partial charge in [0.25, 0.3) is 0 Å². The molecular weight excluding hydrogens is 596 g/mol. The number of hydrogen-bond acceptors (Lipinski definition) is 8. The largest absolute Gasteiger partial charge is 0.506 e. The highest BCUT2D eigenvalue weighted by molar-refractivity contribution is 5.87. The first kappa shape index (κ1) is 32.6. The number of unbranched alkanes of at least 4 members (excludes halogenated alkanes) is 2. The van der Waals surface area contributed by atoms with Crippen LogP contribution in [0.15, 0.2) is 83.7 Å². The van der Waals surface area contributed by atoms with Crippen LogP contribution in [0, 0.1) is 5.92 Å². The minimum absolute atomic E-state index is 0.0252. The maximum absolute atomic E-state index is 13.1. The summed E-state index contributed by atoms with van der Waals surface area (Å²) in [6, 6.07) is 23.6. The van der Waals surface area contributed by atoms with Gasteiger partial charge in [-0.25, -0.2) is 4.79 Å². The number of nitrogens with zero attached hydrogens (tertiary/aromatic N) is 1. The van der Waals surface area contributed by atoms with Gasteiger partial charge in [0.05, 0.1) is 24.3 Å². The first-order valence-electron chi connectivity index (χ1n) is 16.7. The van der Waals surface area contributed by atoms with Crippen LogP contribution in [0.2, 0.25) is 0 Å². The summed E-state index contributed by atoms with van der Waals surface area (Å²) in [4.78, 5) is 29.8. The van der Waals surface area contributed by atoms with Gasteiger partial charge in [-0.15, -0.1) is 0 Å². The van der Waals surface area contributed by atoms with Crippen LogP contribution >= 0.6 is 0 Å². The van der Waals surface area contributed by atoms with E-state index in [1.165, 1.54) is 12.1 Å². The molecule has 3 saturated heterocycles. The average Bonchev–Trinajstić information content (AvgIpc) is 3.09. The molecule has 3 aromatic carbocycles. The van der Waals surface area contributed by atoms with Crippen molar-refractivity contribution in [2.75, 3.05) is 39.3 Å². The fourth-order valence-corrected chi connectivity index (χ4v) is 6.74. The lowest BCUT2D eigenvalue weighted by molar-refractivity contribution is -0.0336. The van der Waals surface area contributed by atoms with E-state index in [4.69, 9.17) is 9.47 Å². The monoisotopic (exact) mass is 640 g/mol. The topological polar surface area (TPSA) is 136 Å². The average molecular weight is 641 g/mol. The Morgan fingerprint density at radius 3 is 2.55 bits per heavy atom. The van der Waals surface area contributed by atoms with Crippen molar-refractivity contribution in [3.05, 3.63) is 106 Å². The van der Waals surface area contributed by atoms with Gasteiger partial charge in [0.2, 0.25) is 5.56 Å². The molecule has 2 bridgehead atoms. The van der Waals surface area contributed by atoms with Gasteiger partial charge in [0, 0.05) is 24.5 Å². The molecule has 7 rings (SSSR count). The Kier molecular flexibility index (Phi) is 10.7. The van der Waals surface area contributed by atoms with Crippen LogP contribution in [0.3, 0.4) is 0 Å². The number of pyridine rings is 1. The van der Waals surface area contributed by atoms with Crippen LogP contribution in [0.1, 0.15) is 60.9 Å². The van der Waals surface area contributed by atoms with E-state index >= 15 is 0 Å². The molecule has 3 aliphatic heterocycles. The number of piperidine rings is 3. The van der Waals surface area contributed by atoms with Crippen molar-refractivity contribution in [3.8, 4) is 11.5 Å². The molecule has 4 aromatic rings. The molecule has 4 heterocycles. The minimum Gasteiger partial charge on any atom is -0.506 e. The number of alkyl carbamates (subject to hydrolysis) is 1. The van der Waals surface area contributed by atoms with Crippen LogP contribution in [0.5, 0.6) is 11.5 Å². The summed E-state index contributed by atoms with van der Waals surface area (Å²) in [6.45, 7) is 4.66. The molecule has 47 heavy (non-hydrogen) atoms. The molecule has 1 aromatic heterocycles. The van der Waals surface area contributed by atoms with E-state index < -0.39 is 12.2 Å². The smallest absolute Gasteiger partial charge is 0.408 e. The molecule has 0 spiro atoms. The van der Waals surface area contributed by atoms with Gasteiger partial charge in [-0.3, -0.25) is 9.69 Å². The minimum atomic E-state index is -0.781. The zero-order chi connectivity index (χ0) is 32.6. The lowest BCUT2D eigenvalue weighted by Crippen LogP contribution is -2.52. The van der Waals surface area contributed by atoms with Crippen LogP contribution in [-0.4, -0.2) is 71.6 Å². The number of aliphatic hydroxyl groups excluding tert-OH is 1. The van der Waals surface area contributed by atoms with Crippen LogP contribution < -0.4 is 20.9 Å². The number of hydrogen-bond donors (Lipinski definition) is 5. The van der Waals surface area contributed by atoms with Crippen molar-refractivity contribution in [2.24, 2.45) is 5.92 Å². The fraction of sp³-hybridized carbons (Fsp3) is 0.405. The van der Waals surface area contributed by atoms with E-state index in [1.54, 1.807) is 12.1 Å². The predicted molar refractivity (Wildman–Crippen MR) is 181 cm³/mol. The fourth-order valence-electron chi connectivity index (χ4n) is 6.74. The van der Waals surface area contributed by atoms with Crippen LogP contribution in [-0.2, 0) is 4.74 Å². The molecule has 1 amide bonds. The van der Waals surface area contributed by atoms with Gasteiger partial charge < -0.3 is 35.3 Å². The Morgan fingerprint density at radius 2 is 1.77 bits per heavy atom. The Morgan fingerprint density at radius 1 is 0.957 bits per heavy atom. The second-order valence-corrected chi connectivity index (χ2v) is 12.6. The summed E-state index contributed by atoms with van der Waals surface area (Å²) in [7, 11) is 0. The molecule has 10 nitrogen and oxygen atoms in total. The molecule has 5 N–H and O–H groups in total. The summed E-state index contributed by atoms with van der Waals surface area (Å²) < 4.78 is 12.0. The number of aliphatic hydroxyl groups is 1. The number of phenolic OH excluding ortho intramolecular Hbond substituents is 1. The van der Waals surface area contributed by atoms with Crippen LogP contribution in [0.4, 0.5) is 4.79 Å². The van der Waals surface area contributed by atoms with Crippen molar-refractivity contribution in [1.82, 2.24) is 20.5 Å². The molecule has 1 unspecified atom stereocenters. The lowest BCUT2D eigenvalue weighted by Gasteiger charge is -2.43. The van der Waals surface area contributed by atoms with E-state index in [1.807, 2.05) is 54.6 Å². The van der Waals surface area contributed by atoms with E-state index in [0.717, 1.165) is 75.2 Å². The highest BCUT2D eigenvalue weighted by Crippen LogP contribution is 2.31. The number of nitrogens with one attached hydrogen (secondary N) is 3. The number of benzene rings is 3. The summed E-state index contributed by atoms with van der Waals surface area (Å²) in [5, 5.41) is 27.9. The van der Waals surface area contributed by atoms with Crippen molar-refractivity contribution < 1.29 is 24.5 Å². The number of aromatic amines is 1. The van der Waals surface area contributed by atoms with Gasteiger partial charge in [-0.2, -0.15) is 0 Å². The molecule has 3 atom stereocenters. The summed E-state index contributed by atoms with van der Waals surface area (Å²) >= 11 is 0.